The number of carbonyl (C=O) groups excluding carboxylic acids is 1. The number of aromatic carboxylic acids is 1. The Labute approximate surface area is 142 Å². The van der Waals surface area contributed by atoms with Crippen LogP contribution in [-0.4, -0.2) is 52.6 Å². The molecule has 0 spiro atoms. The van der Waals surface area contributed by atoms with E-state index in [4.69, 9.17) is 5.11 Å². The second-order valence-corrected chi connectivity index (χ2v) is 5.96. The molecule has 126 valence electrons. The third kappa shape index (κ3) is 5.13. The van der Waals surface area contributed by atoms with Gasteiger partial charge in [0.25, 0.3) is 0 Å². The SMILES string of the molecule is CN(C)c1ncc(/C=C/C(=O)NCCc2nc(C(=O)O)cs2)cn1. The molecule has 0 atom stereocenters. The molecule has 2 heterocycles. The van der Waals surface area contributed by atoms with Crippen molar-refractivity contribution in [1.29, 1.82) is 0 Å². The van der Waals surface area contributed by atoms with Gasteiger partial charge in [0.15, 0.2) is 5.69 Å². The fraction of sp³-hybridized carbons (Fsp3) is 0.267. The molecule has 0 aliphatic heterocycles. The van der Waals surface area contributed by atoms with Crippen molar-refractivity contribution in [3.8, 4) is 0 Å². The number of carboxylic acid groups (broad SMARTS) is 1. The topological polar surface area (TPSA) is 108 Å². The number of nitrogens with zero attached hydrogens (tertiary/aromatic N) is 4. The van der Waals surface area contributed by atoms with Crippen molar-refractivity contribution >= 4 is 35.2 Å². The summed E-state index contributed by atoms with van der Waals surface area (Å²) in [5.74, 6) is -0.700. The Morgan fingerprint density at radius 1 is 1.33 bits per heavy atom. The number of carboxylic acids is 1. The van der Waals surface area contributed by atoms with Crippen LogP contribution in [0.25, 0.3) is 6.08 Å². The Morgan fingerprint density at radius 2 is 2.04 bits per heavy atom. The fourth-order valence-electron chi connectivity index (χ4n) is 1.70. The molecule has 0 aromatic carbocycles. The molecule has 0 bridgehead atoms. The molecule has 9 heteroatoms. The van der Waals surface area contributed by atoms with E-state index < -0.39 is 5.97 Å². The Bertz CT molecular complexity index is 740. The molecule has 2 aromatic rings. The van der Waals surface area contributed by atoms with Crippen molar-refractivity contribution in [2.45, 2.75) is 6.42 Å². The first kappa shape index (κ1) is 17.5. The van der Waals surface area contributed by atoms with Gasteiger partial charge in [-0.25, -0.2) is 19.7 Å². The van der Waals surface area contributed by atoms with Crippen LogP contribution < -0.4 is 10.2 Å². The molecule has 2 aromatic heterocycles. The van der Waals surface area contributed by atoms with Gasteiger partial charge < -0.3 is 15.3 Å². The van der Waals surface area contributed by atoms with Gasteiger partial charge in [-0.2, -0.15) is 0 Å². The summed E-state index contributed by atoms with van der Waals surface area (Å²) in [6.45, 7) is 0.381. The smallest absolute Gasteiger partial charge is 0.355 e. The van der Waals surface area contributed by atoms with Crippen LogP contribution in [0.2, 0.25) is 0 Å². The molecule has 0 unspecified atom stereocenters. The zero-order chi connectivity index (χ0) is 17.5. The number of hydrogen-bond donors (Lipinski definition) is 2. The van der Waals surface area contributed by atoms with Gasteiger partial charge in [-0.3, -0.25) is 4.79 Å². The number of rotatable bonds is 7. The van der Waals surface area contributed by atoms with Crippen molar-refractivity contribution in [2.75, 3.05) is 25.5 Å². The van der Waals surface area contributed by atoms with Gasteiger partial charge >= 0.3 is 5.97 Å². The molecule has 0 saturated heterocycles. The van der Waals surface area contributed by atoms with Gasteiger partial charge in [-0.1, -0.05) is 0 Å². The summed E-state index contributed by atoms with van der Waals surface area (Å²) in [4.78, 5) is 36.5. The van der Waals surface area contributed by atoms with Crippen LogP contribution in [0.4, 0.5) is 5.95 Å². The van der Waals surface area contributed by atoms with E-state index in [-0.39, 0.29) is 11.6 Å². The van der Waals surface area contributed by atoms with E-state index in [0.717, 1.165) is 5.56 Å². The average Bonchev–Trinajstić information content (AvgIpc) is 3.02. The zero-order valence-corrected chi connectivity index (χ0v) is 14.1. The summed E-state index contributed by atoms with van der Waals surface area (Å²) in [6.07, 6.45) is 6.78. The predicted molar refractivity (Wildman–Crippen MR) is 91.2 cm³/mol. The van der Waals surface area contributed by atoms with E-state index in [2.05, 4.69) is 20.3 Å². The molecular weight excluding hydrogens is 330 g/mol. The van der Waals surface area contributed by atoms with Crippen LogP contribution in [0.5, 0.6) is 0 Å². The molecule has 8 nitrogen and oxygen atoms in total. The van der Waals surface area contributed by atoms with E-state index in [1.165, 1.54) is 22.8 Å². The molecule has 0 aliphatic rings. The summed E-state index contributed by atoms with van der Waals surface area (Å²) in [7, 11) is 3.69. The number of aromatic nitrogens is 3. The number of hydrogen-bond acceptors (Lipinski definition) is 7. The molecule has 24 heavy (non-hydrogen) atoms. The number of thiazole rings is 1. The lowest BCUT2D eigenvalue weighted by Gasteiger charge is -2.08. The van der Waals surface area contributed by atoms with Gasteiger partial charge in [-0.15, -0.1) is 11.3 Å². The third-order valence-electron chi connectivity index (χ3n) is 2.89. The second kappa shape index (κ2) is 8.16. The van der Waals surface area contributed by atoms with Crippen molar-refractivity contribution in [3.05, 3.63) is 40.1 Å². The van der Waals surface area contributed by atoms with Crippen LogP contribution in [0.3, 0.4) is 0 Å². The highest BCUT2D eigenvalue weighted by Crippen LogP contribution is 2.10. The van der Waals surface area contributed by atoms with Crippen LogP contribution in [0.1, 0.15) is 21.1 Å². The van der Waals surface area contributed by atoms with E-state index in [1.807, 2.05) is 14.1 Å². The second-order valence-electron chi connectivity index (χ2n) is 5.02. The third-order valence-corrected chi connectivity index (χ3v) is 3.80. The maximum absolute atomic E-state index is 11.7. The quantitative estimate of drug-likeness (QED) is 0.721. The van der Waals surface area contributed by atoms with Gasteiger partial charge in [0.05, 0.1) is 5.01 Å². The van der Waals surface area contributed by atoms with E-state index in [9.17, 15) is 9.59 Å². The van der Waals surface area contributed by atoms with Gasteiger partial charge in [-0.05, 0) is 6.08 Å². The molecule has 2 rings (SSSR count). The lowest BCUT2D eigenvalue weighted by atomic mass is 10.3. The van der Waals surface area contributed by atoms with Gasteiger partial charge in [0.1, 0.15) is 0 Å². The first-order valence-electron chi connectivity index (χ1n) is 7.08. The lowest BCUT2D eigenvalue weighted by molar-refractivity contribution is -0.116. The Hall–Kier alpha value is -2.81. The van der Waals surface area contributed by atoms with Crippen molar-refractivity contribution in [3.63, 3.8) is 0 Å². The zero-order valence-electron chi connectivity index (χ0n) is 13.3. The molecule has 0 saturated carbocycles. The number of carbonyl (C=O) groups is 2. The minimum atomic E-state index is -1.05. The van der Waals surface area contributed by atoms with Crippen LogP contribution in [0.15, 0.2) is 23.8 Å². The Kier molecular flexibility index (Phi) is 5.96. The number of nitrogens with one attached hydrogen (secondary N) is 1. The molecule has 0 aliphatic carbocycles. The maximum atomic E-state index is 11.7. The standard InChI is InChI=1S/C15H17N5O3S/c1-20(2)15-17-7-10(8-18-15)3-4-12(21)16-6-5-13-19-11(9-24-13)14(22)23/h3-4,7-9H,5-6H2,1-2H3,(H,16,21)(H,22,23)/b4-3+. The highest BCUT2D eigenvalue weighted by molar-refractivity contribution is 7.09. The minimum Gasteiger partial charge on any atom is -0.476 e. The highest BCUT2D eigenvalue weighted by atomic mass is 32.1. The van der Waals surface area contributed by atoms with Gasteiger partial charge in [0.2, 0.25) is 11.9 Å². The van der Waals surface area contributed by atoms with Gasteiger partial charge in [0, 0.05) is 56.5 Å². The van der Waals surface area contributed by atoms with Crippen molar-refractivity contribution in [2.24, 2.45) is 0 Å². The first-order valence-corrected chi connectivity index (χ1v) is 7.96. The Morgan fingerprint density at radius 3 is 2.62 bits per heavy atom. The fourth-order valence-corrected chi connectivity index (χ4v) is 2.47. The summed E-state index contributed by atoms with van der Waals surface area (Å²) < 4.78 is 0. The summed E-state index contributed by atoms with van der Waals surface area (Å²) >= 11 is 1.26. The van der Waals surface area contributed by atoms with Crippen LogP contribution in [-0.2, 0) is 11.2 Å². The van der Waals surface area contributed by atoms with Crippen LogP contribution >= 0.6 is 11.3 Å². The summed E-state index contributed by atoms with van der Waals surface area (Å²) in [5, 5.41) is 13.7. The van der Waals surface area contributed by atoms with Crippen molar-refractivity contribution < 1.29 is 14.7 Å². The highest BCUT2D eigenvalue weighted by Gasteiger charge is 2.08. The normalized spacial score (nSPS) is 10.8. The predicted octanol–water partition coefficient (Wildman–Crippen LogP) is 1.07. The minimum absolute atomic E-state index is 0.0300. The van der Waals surface area contributed by atoms with E-state index in [1.54, 1.807) is 23.4 Å². The average molecular weight is 347 g/mol. The largest absolute Gasteiger partial charge is 0.476 e. The first-order chi connectivity index (χ1) is 11.5. The Balaban J connectivity index is 1.78. The van der Waals surface area contributed by atoms with Crippen LogP contribution in [0, 0.1) is 0 Å². The van der Waals surface area contributed by atoms with E-state index >= 15 is 0 Å². The molecule has 0 fully saturated rings. The maximum Gasteiger partial charge on any atom is 0.355 e. The van der Waals surface area contributed by atoms with E-state index in [0.29, 0.717) is 23.9 Å². The summed E-state index contributed by atoms with van der Waals surface area (Å²) in [6, 6.07) is 0. The number of anilines is 1. The monoisotopic (exact) mass is 347 g/mol. The summed E-state index contributed by atoms with van der Waals surface area (Å²) in [5.41, 5.74) is 0.754. The number of amides is 1. The lowest BCUT2D eigenvalue weighted by Crippen LogP contribution is -2.23. The molecule has 1 amide bonds. The molecular formula is C15H17N5O3S. The van der Waals surface area contributed by atoms with Crippen molar-refractivity contribution in [1.82, 2.24) is 20.3 Å². The molecule has 2 N–H and O–H groups in total. The molecule has 0 radical (unpaired) electrons.